The fourth-order valence-electron chi connectivity index (χ4n) is 2.81. The quantitative estimate of drug-likeness (QED) is 0.738. The van der Waals surface area contributed by atoms with Gasteiger partial charge in [0.15, 0.2) is 0 Å². The first-order valence-corrected chi connectivity index (χ1v) is 7.05. The van der Waals surface area contributed by atoms with Gasteiger partial charge in [0.05, 0.1) is 19.3 Å². The Morgan fingerprint density at radius 3 is 2.12 bits per heavy atom. The van der Waals surface area contributed by atoms with Crippen molar-refractivity contribution in [2.75, 3.05) is 52.5 Å². The molecule has 4 nitrogen and oxygen atoms in total. The monoisotopic (exact) mass is 242 g/mol. The van der Waals surface area contributed by atoms with Crippen molar-refractivity contribution in [3.8, 4) is 0 Å². The van der Waals surface area contributed by atoms with Gasteiger partial charge >= 0.3 is 0 Å². The van der Waals surface area contributed by atoms with Gasteiger partial charge in [-0.3, -0.25) is 0 Å². The highest BCUT2D eigenvalue weighted by Crippen LogP contribution is 2.14. The second-order valence-electron chi connectivity index (χ2n) is 5.18. The standard InChI is InChI=1S/C13H26N2O2/c16-11-12-17-13-3-7-15(8-4-13)10-9-14-5-1-2-6-14/h13,16H,1-12H2. The van der Waals surface area contributed by atoms with Gasteiger partial charge in [-0.05, 0) is 38.8 Å². The zero-order chi connectivity index (χ0) is 11.9. The Morgan fingerprint density at radius 2 is 1.53 bits per heavy atom. The molecule has 4 heteroatoms. The number of aliphatic hydroxyl groups is 1. The third-order valence-electron chi connectivity index (χ3n) is 3.91. The molecule has 0 unspecified atom stereocenters. The van der Waals surface area contributed by atoms with Crippen molar-refractivity contribution >= 4 is 0 Å². The smallest absolute Gasteiger partial charge is 0.0701 e. The van der Waals surface area contributed by atoms with Crippen LogP contribution in [0.1, 0.15) is 25.7 Å². The molecule has 2 heterocycles. The molecule has 1 N–H and O–H groups in total. The summed E-state index contributed by atoms with van der Waals surface area (Å²) in [6, 6.07) is 0. The summed E-state index contributed by atoms with van der Waals surface area (Å²) in [6.45, 7) is 8.02. The summed E-state index contributed by atoms with van der Waals surface area (Å²) < 4.78 is 5.57. The van der Waals surface area contributed by atoms with Gasteiger partial charge < -0.3 is 19.6 Å². The molecule has 0 aromatic heterocycles. The average Bonchev–Trinajstić information content (AvgIpc) is 2.88. The molecule has 2 aliphatic rings. The molecular formula is C13H26N2O2. The van der Waals surface area contributed by atoms with Gasteiger partial charge in [-0.2, -0.15) is 0 Å². The van der Waals surface area contributed by atoms with Crippen molar-refractivity contribution in [2.24, 2.45) is 0 Å². The highest BCUT2D eigenvalue weighted by Gasteiger charge is 2.20. The van der Waals surface area contributed by atoms with Crippen LogP contribution >= 0.6 is 0 Å². The molecule has 100 valence electrons. The molecule has 0 spiro atoms. The Bertz CT molecular complexity index is 200. The van der Waals surface area contributed by atoms with Crippen molar-refractivity contribution in [1.82, 2.24) is 9.80 Å². The topological polar surface area (TPSA) is 35.9 Å². The van der Waals surface area contributed by atoms with Crippen LogP contribution < -0.4 is 0 Å². The van der Waals surface area contributed by atoms with E-state index < -0.39 is 0 Å². The van der Waals surface area contributed by atoms with E-state index in [1.54, 1.807) is 0 Å². The fraction of sp³-hybridized carbons (Fsp3) is 1.00. The molecule has 0 aromatic rings. The van der Waals surface area contributed by atoms with E-state index in [0.717, 1.165) is 25.9 Å². The summed E-state index contributed by atoms with van der Waals surface area (Å²) in [5, 5.41) is 8.71. The number of aliphatic hydroxyl groups excluding tert-OH is 1. The molecule has 2 fully saturated rings. The van der Waals surface area contributed by atoms with Crippen LogP contribution in [0.25, 0.3) is 0 Å². The zero-order valence-electron chi connectivity index (χ0n) is 10.8. The number of piperidine rings is 1. The van der Waals surface area contributed by atoms with E-state index >= 15 is 0 Å². The van der Waals surface area contributed by atoms with Gasteiger partial charge in [0.2, 0.25) is 0 Å². The minimum Gasteiger partial charge on any atom is -0.394 e. The Hall–Kier alpha value is -0.160. The normalized spacial score (nSPS) is 24.5. The minimum atomic E-state index is 0.148. The first-order chi connectivity index (χ1) is 8.38. The predicted molar refractivity (Wildman–Crippen MR) is 68.2 cm³/mol. The Kier molecular flexibility index (Phi) is 5.71. The highest BCUT2D eigenvalue weighted by molar-refractivity contribution is 4.74. The Morgan fingerprint density at radius 1 is 0.941 bits per heavy atom. The van der Waals surface area contributed by atoms with Crippen LogP contribution in [0.4, 0.5) is 0 Å². The SMILES string of the molecule is OCCOC1CCN(CCN2CCCC2)CC1. The fourth-order valence-corrected chi connectivity index (χ4v) is 2.81. The van der Waals surface area contributed by atoms with E-state index in [0.29, 0.717) is 12.7 Å². The number of nitrogens with zero attached hydrogens (tertiary/aromatic N) is 2. The molecule has 2 aliphatic heterocycles. The van der Waals surface area contributed by atoms with E-state index in [1.807, 2.05) is 0 Å². The van der Waals surface area contributed by atoms with Crippen LogP contribution in [0.2, 0.25) is 0 Å². The zero-order valence-corrected chi connectivity index (χ0v) is 10.8. The van der Waals surface area contributed by atoms with Crippen molar-refractivity contribution in [3.05, 3.63) is 0 Å². The Balaban J connectivity index is 1.55. The lowest BCUT2D eigenvalue weighted by Gasteiger charge is -2.32. The van der Waals surface area contributed by atoms with Crippen LogP contribution in [-0.2, 0) is 4.74 Å². The third-order valence-corrected chi connectivity index (χ3v) is 3.91. The number of hydrogen-bond acceptors (Lipinski definition) is 4. The molecule has 0 atom stereocenters. The number of likely N-dealkylation sites (tertiary alicyclic amines) is 2. The van der Waals surface area contributed by atoms with Crippen LogP contribution in [0, 0.1) is 0 Å². The molecule has 0 saturated carbocycles. The van der Waals surface area contributed by atoms with E-state index in [4.69, 9.17) is 9.84 Å². The predicted octanol–water partition coefficient (Wildman–Crippen LogP) is 0.556. The van der Waals surface area contributed by atoms with Gasteiger partial charge in [-0.25, -0.2) is 0 Å². The summed E-state index contributed by atoms with van der Waals surface area (Å²) >= 11 is 0. The van der Waals surface area contributed by atoms with E-state index in [9.17, 15) is 0 Å². The van der Waals surface area contributed by atoms with Crippen LogP contribution in [0.15, 0.2) is 0 Å². The molecule has 2 rings (SSSR count). The summed E-state index contributed by atoms with van der Waals surface area (Å²) in [6.07, 6.45) is 5.40. The largest absolute Gasteiger partial charge is 0.394 e. The summed E-state index contributed by atoms with van der Waals surface area (Å²) in [7, 11) is 0. The second kappa shape index (κ2) is 7.31. The van der Waals surface area contributed by atoms with Crippen molar-refractivity contribution in [1.29, 1.82) is 0 Å². The van der Waals surface area contributed by atoms with Gasteiger partial charge in [0.25, 0.3) is 0 Å². The van der Waals surface area contributed by atoms with Crippen molar-refractivity contribution in [2.45, 2.75) is 31.8 Å². The summed E-state index contributed by atoms with van der Waals surface area (Å²) in [5.74, 6) is 0. The van der Waals surface area contributed by atoms with Crippen molar-refractivity contribution in [3.63, 3.8) is 0 Å². The lowest BCUT2D eigenvalue weighted by Crippen LogP contribution is -2.41. The summed E-state index contributed by atoms with van der Waals surface area (Å²) in [5.41, 5.74) is 0. The molecule has 0 radical (unpaired) electrons. The van der Waals surface area contributed by atoms with Gasteiger partial charge in [0.1, 0.15) is 0 Å². The number of hydrogen-bond donors (Lipinski definition) is 1. The number of rotatable bonds is 6. The highest BCUT2D eigenvalue weighted by atomic mass is 16.5. The summed E-state index contributed by atoms with van der Waals surface area (Å²) in [4.78, 5) is 5.13. The van der Waals surface area contributed by atoms with E-state index in [1.165, 1.54) is 39.0 Å². The van der Waals surface area contributed by atoms with Gasteiger partial charge in [0, 0.05) is 26.2 Å². The number of ether oxygens (including phenoxy) is 1. The maximum absolute atomic E-state index is 8.71. The molecule has 0 aromatic carbocycles. The maximum Gasteiger partial charge on any atom is 0.0701 e. The molecule has 17 heavy (non-hydrogen) atoms. The minimum absolute atomic E-state index is 0.148. The second-order valence-corrected chi connectivity index (χ2v) is 5.18. The van der Waals surface area contributed by atoms with Crippen LogP contribution in [0.5, 0.6) is 0 Å². The lowest BCUT2D eigenvalue weighted by molar-refractivity contribution is -0.00857. The van der Waals surface area contributed by atoms with Crippen LogP contribution in [-0.4, -0.2) is 73.5 Å². The van der Waals surface area contributed by atoms with Crippen molar-refractivity contribution < 1.29 is 9.84 Å². The van der Waals surface area contributed by atoms with Gasteiger partial charge in [-0.15, -0.1) is 0 Å². The average molecular weight is 242 g/mol. The Labute approximate surface area is 105 Å². The first-order valence-electron chi connectivity index (χ1n) is 7.05. The first kappa shape index (κ1) is 13.3. The van der Waals surface area contributed by atoms with Crippen LogP contribution in [0.3, 0.4) is 0 Å². The molecular weight excluding hydrogens is 216 g/mol. The molecule has 0 amide bonds. The molecule has 0 aliphatic carbocycles. The van der Waals surface area contributed by atoms with E-state index in [-0.39, 0.29) is 6.61 Å². The maximum atomic E-state index is 8.71. The molecule has 2 saturated heterocycles. The molecule has 0 bridgehead atoms. The lowest BCUT2D eigenvalue weighted by atomic mass is 10.1. The van der Waals surface area contributed by atoms with Gasteiger partial charge in [-0.1, -0.05) is 0 Å². The van der Waals surface area contributed by atoms with E-state index in [2.05, 4.69) is 9.80 Å². The third kappa shape index (κ3) is 4.54.